The standard InChI is InChI=1S/C10H18O/c1-5-8(2)9-6-7-10(3,4)11-9/h5,9H,6-7H2,1-4H3/b8-5-/t9-/m1/s1. The van der Waals surface area contributed by atoms with Gasteiger partial charge >= 0.3 is 0 Å². The Morgan fingerprint density at radius 1 is 1.55 bits per heavy atom. The van der Waals surface area contributed by atoms with Gasteiger partial charge in [-0.25, -0.2) is 0 Å². The predicted molar refractivity (Wildman–Crippen MR) is 47.6 cm³/mol. The summed E-state index contributed by atoms with van der Waals surface area (Å²) < 4.78 is 5.83. The van der Waals surface area contributed by atoms with Gasteiger partial charge in [-0.15, -0.1) is 0 Å². The summed E-state index contributed by atoms with van der Waals surface area (Å²) in [4.78, 5) is 0. The molecule has 1 heterocycles. The number of hydrogen-bond acceptors (Lipinski definition) is 1. The van der Waals surface area contributed by atoms with Crippen LogP contribution in [-0.4, -0.2) is 11.7 Å². The molecule has 0 aromatic carbocycles. The molecule has 1 heteroatoms. The van der Waals surface area contributed by atoms with E-state index in [2.05, 4.69) is 33.8 Å². The number of allylic oxidation sites excluding steroid dienone is 1. The van der Waals surface area contributed by atoms with Gasteiger partial charge in [0.1, 0.15) is 0 Å². The molecular weight excluding hydrogens is 136 g/mol. The molecule has 1 rings (SSSR count). The third-order valence-electron chi connectivity index (χ3n) is 2.43. The number of hydrogen-bond donors (Lipinski definition) is 0. The van der Waals surface area contributed by atoms with Crippen LogP contribution in [0.3, 0.4) is 0 Å². The lowest BCUT2D eigenvalue weighted by atomic mass is 10.0. The Bertz CT molecular complexity index is 168. The summed E-state index contributed by atoms with van der Waals surface area (Å²) >= 11 is 0. The molecule has 0 aliphatic carbocycles. The van der Waals surface area contributed by atoms with Crippen LogP contribution in [0, 0.1) is 0 Å². The van der Waals surface area contributed by atoms with Crippen molar-refractivity contribution in [2.75, 3.05) is 0 Å². The summed E-state index contributed by atoms with van der Waals surface area (Å²) in [7, 11) is 0. The third-order valence-corrected chi connectivity index (χ3v) is 2.43. The molecule has 0 saturated carbocycles. The number of rotatable bonds is 1. The maximum Gasteiger partial charge on any atom is 0.0790 e. The van der Waals surface area contributed by atoms with Crippen molar-refractivity contribution < 1.29 is 4.74 Å². The molecule has 1 nitrogen and oxygen atoms in total. The second-order valence-electron chi connectivity index (χ2n) is 3.94. The quantitative estimate of drug-likeness (QED) is 0.528. The first-order valence-electron chi connectivity index (χ1n) is 4.36. The second kappa shape index (κ2) is 2.98. The van der Waals surface area contributed by atoms with E-state index in [9.17, 15) is 0 Å². The smallest absolute Gasteiger partial charge is 0.0790 e. The van der Waals surface area contributed by atoms with E-state index in [0.29, 0.717) is 6.10 Å². The molecule has 1 fully saturated rings. The molecule has 1 saturated heterocycles. The average molecular weight is 154 g/mol. The minimum atomic E-state index is 0.106. The van der Waals surface area contributed by atoms with Gasteiger partial charge in [0.15, 0.2) is 0 Å². The van der Waals surface area contributed by atoms with Gasteiger partial charge in [0, 0.05) is 0 Å². The molecule has 64 valence electrons. The molecule has 0 bridgehead atoms. The highest BCUT2D eigenvalue weighted by molar-refractivity contribution is 5.06. The Labute approximate surface area is 69.4 Å². The largest absolute Gasteiger partial charge is 0.368 e. The van der Waals surface area contributed by atoms with E-state index < -0.39 is 0 Å². The zero-order valence-electron chi connectivity index (χ0n) is 7.98. The zero-order valence-corrected chi connectivity index (χ0v) is 7.98. The van der Waals surface area contributed by atoms with Crippen molar-refractivity contribution in [1.29, 1.82) is 0 Å². The normalized spacial score (nSPS) is 30.9. The van der Waals surface area contributed by atoms with Crippen LogP contribution in [0.25, 0.3) is 0 Å². The topological polar surface area (TPSA) is 9.23 Å². The van der Waals surface area contributed by atoms with Crippen molar-refractivity contribution >= 4 is 0 Å². The Kier molecular flexibility index (Phi) is 2.38. The van der Waals surface area contributed by atoms with E-state index in [0.717, 1.165) is 0 Å². The molecule has 0 aromatic heterocycles. The van der Waals surface area contributed by atoms with Gasteiger partial charge in [0.25, 0.3) is 0 Å². The summed E-state index contributed by atoms with van der Waals surface area (Å²) in [5, 5.41) is 0. The summed E-state index contributed by atoms with van der Waals surface area (Å²) in [5.41, 5.74) is 1.48. The van der Waals surface area contributed by atoms with Gasteiger partial charge < -0.3 is 4.74 Å². The highest BCUT2D eigenvalue weighted by atomic mass is 16.5. The molecular formula is C10H18O. The summed E-state index contributed by atoms with van der Waals surface area (Å²) in [6.07, 6.45) is 4.90. The molecule has 0 aromatic rings. The van der Waals surface area contributed by atoms with Crippen molar-refractivity contribution in [3.05, 3.63) is 11.6 Å². The Morgan fingerprint density at radius 3 is 2.55 bits per heavy atom. The zero-order chi connectivity index (χ0) is 8.48. The van der Waals surface area contributed by atoms with Crippen LogP contribution in [0.4, 0.5) is 0 Å². The van der Waals surface area contributed by atoms with Crippen molar-refractivity contribution in [2.45, 2.75) is 52.2 Å². The van der Waals surface area contributed by atoms with Crippen LogP contribution in [0.15, 0.2) is 11.6 Å². The molecule has 1 atom stereocenters. The molecule has 0 amide bonds. The minimum Gasteiger partial charge on any atom is -0.368 e. The van der Waals surface area contributed by atoms with Gasteiger partial charge in [0.05, 0.1) is 11.7 Å². The van der Waals surface area contributed by atoms with Crippen LogP contribution in [-0.2, 0) is 4.74 Å². The van der Waals surface area contributed by atoms with Crippen LogP contribution in [0.1, 0.15) is 40.5 Å². The lowest BCUT2D eigenvalue weighted by Gasteiger charge is -2.19. The van der Waals surface area contributed by atoms with E-state index in [1.54, 1.807) is 0 Å². The molecule has 0 spiro atoms. The third kappa shape index (κ3) is 2.06. The fourth-order valence-electron chi connectivity index (χ4n) is 1.49. The fraction of sp³-hybridized carbons (Fsp3) is 0.800. The first-order valence-corrected chi connectivity index (χ1v) is 4.36. The summed E-state index contributed by atoms with van der Waals surface area (Å²) in [5.74, 6) is 0. The lowest BCUT2D eigenvalue weighted by Crippen LogP contribution is -2.20. The Hall–Kier alpha value is -0.300. The summed E-state index contributed by atoms with van der Waals surface area (Å²) in [6, 6.07) is 0. The van der Waals surface area contributed by atoms with Crippen molar-refractivity contribution in [3.63, 3.8) is 0 Å². The monoisotopic (exact) mass is 154 g/mol. The van der Waals surface area contributed by atoms with Gasteiger partial charge in [-0.3, -0.25) is 0 Å². The fourth-order valence-corrected chi connectivity index (χ4v) is 1.49. The predicted octanol–water partition coefficient (Wildman–Crippen LogP) is 2.91. The van der Waals surface area contributed by atoms with Crippen molar-refractivity contribution in [1.82, 2.24) is 0 Å². The molecule has 0 unspecified atom stereocenters. The van der Waals surface area contributed by atoms with Crippen LogP contribution >= 0.6 is 0 Å². The van der Waals surface area contributed by atoms with E-state index in [-0.39, 0.29) is 5.60 Å². The molecule has 1 aliphatic heterocycles. The molecule has 1 aliphatic rings. The Morgan fingerprint density at radius 2 is 2.18 bits per heavy atom. The van der Waals surface area contributed by atoms with Gasteiger partial charge in [-0.2, -0.15) is 0 Å². The molecule has 0 radical (unpaired) electrons. The van der Waals surface area contributed by atoms with E-state index in [1.165, 1.54) is 18.4 Å². The van der Waals surface area contributed by atoms with Crippen LogP contribution in [0.5, 0.6) is 0 Å². The maximum atomic E-state index is 5.83. The minimum absolute atomic E-state index is 0.106. The average Bonchev–Trinajstić information content (AvgIpc) is 2.29. The Balaban J connectivity index is 2.55. The van der Waals surface area contributed by atoms with Crippen LogP contribution in [0.2, 0.25) is 0 Å². The summed E-state index contributed by atoms with van der Waals surface area (Å²) in [6.45, 7) is 8.54. The highest BCUT2D eigenvalue weighted by Gasteiger charge is 2.31. The number of ether oxygens (including phenoxy) is 1. The van der Waals surface area contributed by atoms with Gasteiger partial charge in [0.2, 0.25) is 0 Å². The first kappa shape index (κ1) is 8.79. The van der Waals surface area contributed by atoms with E-state index in [4.69, 9.17) is 4.74 Å². The maximum absolute atomic E-state index is 5.83. The molecule has 11 heavy (non-hydrogen) atoms. The van der Waals surface area contributed by atoms with Gasteiger partial charge in [-0.05, 0) is 46.1 Å². The van der Waals surface area contributed by atoms with Crippen molar-refractivity contribution in [2.24, 2.45) is 0 Å². The molecule has 0 N–H and O–H groups in total. The van der Waals surface area contributed by atoms with Crippen LogP contribution < -0.4 is 0 Å². The second-order valence-corrected chi connectivity index (χ2v) is 3.94. The highest BCUT2D eigenvalue weighted by Crippen LogP contribution is 2.32. The first-order chi connectivity index (χ1) is 5.05. The van der Waals surface area contributed by atoms with E-state index >= 15 is 0 Å². The van der Waals surface area contributed by atoms with Gasteiger partial charge in [-0.1, -0.05) is 6.08 Å². The van der Waals surface area contributed by atoms with Crippen molar-refractivity contribution in [3.8, 4) is 0 Å². The van der Waals surface area contributed by atoms with E-state index in [1.807, 2.05) is 0 Å². The SMILES string of the molecule is C/C=C(/C)[C@H]1CCC(C)(C)O1. The lowest BCUT2D eigenvalue weighted by molar-refractivity contribution is 0.000500.